The van der Waals surface area contributed by atoms with E-state index in [0.29, 0.717) is 22.9 Å². The second kappa shape index (κ2) is 9.23. The Morgan fingerprint density at radius 3 is 2.69 bits per heavy atom. The van der Waals surface area contributed by atoms with Gasteiger partial charge >= 0.3 is 0 Å². The first-order valence-corrected chi connectivity index (χ1v) is 11.8. The zero-order valence-corrected chi connectivity index (χ0v) is 19.1. The van der Waals surface area contributed by atoms with Crippen LogP contribution < -0.4 is 11.1 Å². The summed E-state index contributed by atoms with van der Waals surface area (Å²) in [6, 6.07) is 12.0. The van der Waals surface area contributed by atoms with Crippen molar-refractivity contribution in [2.45, 2.75) is 18.1 Å². The molecule has 11 heteroatoms. The molecular formula is C24H20F2N4O4S. The van der Waals surface area contributed by atoms with Crippen LogP contribution in [0.25, 0.3) is 0 Å². The van der Waals surface area contributed by atoms with Crippen molar-refractivity contribution in [3.05, 3.63) is 89.1 Å². The van der Waals surface area contributed by atoms with Gasteiger partial charge in [0.25, 0.3) is 11.8 Å². The molecule has 2 aliphatic rings. The van der Waals surface area contributed by atoms with Crippen LogP contribution in [0, 0.1) is 17.6 Å². The number of carbonyl (C=O) groups is 2. The number of oxazole rings is 1. The molecule has 5 rings (SSSR count). The highest BCUT2D eigenvalue weighted by Gasteiger charge is 2.51. The number of benzene rings is 2. The van der Waals surface area contributed by atoms with Gasteiger partial charge in [0.15, 0.2) is 10.9 Å². The number of hydrogen-bond acceptors (Lipinski definition) is 7. The molecule has 1 saturated heterocycles. The maximum Gasteiger partial charge on any atom is 0.270 e. The molecule has 0 aliphatic carbocycles. The summed E-state index contributed by atoms with van der Waals surface area (Å²) in [6.07, 6.45) is 0.889. The number of thioether (sulfide) groups is 1. The molecule has 8 nitrogen and oxygen atoms in total. The lowest BCUT2D eigenvalue weighted by molar-refractivity contribution is -0.0698. The minimum Gasteiger partial charge on any atom is -0.445 e. The first kappa shape index (κ1) is 23.2. The Morgan fingerprint density at radius 2 is 1.97 bits per heavy atom. The predicted molar refractivity (Wildman–Crippen MR) is 124 cm³/mol. The average molecular weight is 499 g/mol. The van der Waals surface area contributed by atoms with Crippen molar-refractivity contribution in [3.8, 4) is 0 Å². The van der Waals surface area contributed by atoms with E-state index < -0.39 is 29.2 Å². The topological polar surface area (TPSA) is 120 Å². The number of aromatic nitrogens is 1. The Hall–Kier alpha value is -3.57. The van der Waals surface area contributed by atoms with E-state index in [1.807, 2.05) is 0 Å². The first-order chi connectivity index (χ1) is 16.9. The number of rotatable bonds is 4. The van der Waals surface area contributed by atoms with Gasteiger partial charge in [-0.2, -0.15) is 0 Å². The fourth-order valence-corrected chi connectivity index (χ4v) is 5.49. The zero-order chi connectivity index (χ0) is 24.6. The van der Waals surface area contributed by atoms with Crippen molar-refractivity contribution >= 4 is 28.7 Å². The van der Waals surface area contributed by atoms with Gasteiger partial charge in [0.1, 0.15) is 29.5 Å². The lowest BCUT2D eigenvalue weighted by atomic mass is 9.75. The van der Waals surface area contributed by atoms with Gasteiger partial charge in [-0.1, -0.05) is 36.0 Å². The second-order valence-corrected chi connectivity index (χ2v) is 9.27. The van der Waals surface area contributed by atoms with Crippen LogP contribution in [-0.4, -0.2) is 34.3 Å². The van der Waals surface area contributed by atoms with E-state index in [0.717, 1.165) is 12.3 Å². The molecule has 0 spiro atoms. The maximum absolute atomic E-state index is 15.0. The van der Waals surface area contributed by atoms with Crippen molar-refractivity contribution in [2.75, 3.05) is 12.4 Å². The van der Waals surface area contributed by atoms with Gasteiger partial charge in [-0.05, 0) is 24.6 Å². The fourth-order valence-electron chi connectivity index (χ4n) is 4.33. The number of aliphatic imine (C=N–C) groups is 1. The predicted octanol–water partition coefficient (Wildman–Crippen LogP) is 3.56. The summed E-state index contributed by atoms with van der Waals surface area (Å²) in [7, 11) is 0. The summed E-state index contributed by atoms with van der Waals surface area (Å²) >= 11 is 1.32. The van der Waals surface area contributed by atoms with Crippen LogP contribution in [0.4, 0.5) is 8.78 Å². The first-order valence-electron chi connectivity index (χ1n) is 10.8. The summed E-state index contributed by atoms with van der Waals surface area (Å²) in [5.41, 5.74) is 4.64. The third-order valence-electron chi connectivity index (χ3n) is 6.10. The van der Waals surface area contributed by atoms with Crippen LogP contribution in [0.15, 0.2) is 64.2 Å². The van der Waals surface area contributed by atoms with Crippen molar-refractivity contribution in [1.29, 1.82) is 0 Å². The Labute approximate surface area is 203 Å². The Balaban J connectivity index is 1.48. The Morgan fingerprint density at radius 1 is 1.17 bits per heavy atom. The molecule has 0 radical (unpaired) electrons. The summed E-state index contributed by atoms with van der Waals surface area (Å²) in [5, 5.41) is 3.10. The van der Waals surface area contributed by atoms with E-state index in [1.165, 1.54) is 23.9 Å². The lowest BCUT2D eigenvalue weighted by Gasteiger charge is -2.46. The molecular weight excluding hydrogens is 478 g/mol. The number of fused-ring (bicyclic) bond motifs is 1. The summed E-state index contributed by atoms with van der Waals surface area (Å²) in [5.74, 6) is -2.16. The van der Waals surface area contributed by atoms with Crippen molar-refractivity contribution in [1.82, 2.24) is 10.3 Å². The number of hydrogen-bond donors (Lipinski definition) is 2. The summed E-state index contributed by atoms with van der Waals surface area (Å²) < 4.78 is 40.1. The molecule has 1 aromatic heterocycles. The van der Waals surface area contributed by atoms with E-state index in [1.54, 1.807) is 30.3 Å². The molecule has 0 bridgehead atoms. The van der Waals surface area contributed by atoms with E-state index in [4.69, 9.17) is 19.9 Å². The zero-order valence-electron chi connectivity index (χ0n) is 18.2. The molecule has 3 N–H and O–H groups in total. The van der Waals surface area contributed by atoms with Gasteiger partial charge in [0.2, 0.25) is 5.89 Å². The number of ether oxygens (including phenoxy) is 1. The third-order valence-corrected chi connectivity index (χ3v) is 7.14. The highest BCUT2D eigenvalue weighted by atomic mass is 32.2. The minimum absolute atomic E-state index is 0.0213. The molecule has 180 valence electrons. The van der Waals surface area contributed by atoms with Gasteiger partial charge < -0.3 is 20.2 Å². The van der Waals surface area contributed by atoms with Gasteiger partial charge in [-0.25, -0.2) is 18.8 Å². The van der Waals surface area contributed by atoms with Crippen LogP contribution in [-0.2, 0) is 10.3 Å². The number of carbonyl (C=O) groups excluding carboxylic acids is 2. The van der Waals surface area contributed by atoms with Gasteiger partial charge in [0, 0.05) is 28.9 Å². The monoisotopic (exact) mass is 498 g/mol. The SMILES string of the molecule is NC(=O)c1coc(C2CC3CSC(NC(=O)c4ccccc4)=NC3(c3ccc(F)cc3F)CO2)n1. The minimum atomic E-state index is -1.21. The van der Waals surface area contributed by atoms with Gasteiger partial charge in [-0.15, -0.1) is 0 Å². The van der Waals surface area contributed by atoms with Gasteiger partial charge in [0.05, 0.1) is 6.61 Å². The summed E-state index contributed by atoms with van der Waals surface area (Å²) in [4.78, 5) is 32.9. The van der Waals surface area contributed by atoms with Crippen LogP contribution in [0.5, 0.6) is 0 Å². The molecule has 0 saturated carbocycles. The number of amides is 2. The highest BCUT2D eigenvalue weighted by molar-refractivity contribution is 8.13. The van der Waals surface area contributed by atoms with Crippen LogP contribution in [0.3, 0.4) is 0 Å². The quantitative estimate of drug-likeness (QED) is 0.568. The molecule has 3 unspecified atom stereocenters. The smallest absolute Gasteiger partial charge is 0.270 e. The maximum atomic E-state index is 15.0. The Bertz CT molecular complexity index is 1320. The summed E-state index contributed by atoms with van der Waals surface area (Å²) in [6.45, 7) is -0.0789. The van der Waals surface area contributed by atoms with Crippen LogP contribution >= 0.6 is 11.8 Å². The number of nitrogens with two attached hydrogens (primary N) is 1. The van der Waals surface area contributed by atoms with Crippen molar-refractivity contribution < 1.29 is 27.5 Å². The molecule has 3 atom stereocenters. The molecule has 35 heavy (non-hydrogen) atoms. The van der Waals surface area contributed by atoms with Crippen molar-refractivity contribution in [2.24, 2.45) is 16.6 Å². The second-order valence-electron chi connectivity index (χ2n) is 8.26. The number of nitrogens with one attached hydrogen (secondary N) is 1. The van der Waals surface area contributed by atoms with Crippen LogP contribution in [0.1, 0.15) is 44.8 Å². The average Bonchev–Trinajstić information content (AvgIpc) is 3.35. The van der Waals surface area contributed by atoms with E-state index in [9.17, 15) is 14.0 Å². The number of nitrogens with zero attached hydrogens (tertiary/aromatic N) is 2. The molecule has 1 fully saturated rings. The number of amidine groups is 1. The van der Waals surface area contributed by atoms with E-state index in [-0.39, 0.29) is 35.6 Å². The highest BCUT2D eigenvalue weighted by Crippen LogP contribution is 2.49. The van der Waals surface area contributed by atoms with E-state index >= 15 is 4.39 Å². The third kappa shape index (κ3) is 4.44. The molecule has 2 aliphatic heterocycles. The van der Waals surface area contributed by atoms with Crippen molar-refractivity contribution in [3.63, 3.8) is 0 Å². The normalized spacial score (nSPS) is 23.8. The largest absolute Gasteiger partial charge is 0.445 e. The number of primary amides is 1. The molecule has 3 aromatic rings. The van der Waals surface area contributed by atoms with Gasteiger partial charge in [-0.3, -0.25) is 9.59 Å². The standard InChI is InChI=1S/C24H20F2N4O4S/c25-15-6-7-16(17(26)9-15)24-12-34-19(22-28-18(10-33-22)20(27)31)8-14(24)11-35-23(30-24)29-21(32)13-4-2-1-3-5-13/h1-7,9-10,14,19H,8,11-12H2,(H2,27,31)(H,29,30,32). The fraction of sp³-hybridized carbons (Fsp3) is 0.250. The lowest BCUT2D eigenvalue weighted by Crippen LogP contribution is -2.49. The van der Waals surface area contributed by atoms with E-state index in [2.05, 4.69) is 10.3 Å². The number of halogens is 2. The molecule has 3 heterocycles. The molecule has 2 aromatic carbocycles. The van der Waals surface area contributed by atoms with Crippen LogP contribution in [0.2, 0.25) is 0 Å². The molecule has 2 amide bonds. The Kier molecular flexibility index (Phi) is 6.12.